The number of nitrogens with one attached hydrogen (secondary N) is 1. The van der Waals surface area contributed by atoms with Crippen molar-refractivity contribution in [3.8, 4) is 0 Å². The zero-order valence-corrected chi connectivity index (χ0v) is 18.8. The second kappa shape index (κ2) is 11.6. The molecule has 2 aromatic carbocycles. The van der Waals surface area contributed by atoms with Crippen molar-refractivity contribution >= 4 is 5.91 Å². The fourth-order valence-electron chi connectivity index (χ4n) is 3.62. The van der Waals surface area contributed by atoms with Gasteiger partial charge in [0.15, 0.2) is 0 Å². The number of halogens is 2. The van der Waals surface area contributed by atoms with Crippen LogP contribution >= 0.6 is 0 Å². The van der Waals surface area contributed by atoms with Crippen molar-refractivity contribution in [3.63, 3.8) is 0 Å². The van der Waals surface area contributed by atoms with Crippen molar-refractivity contribution in [1.82, 2.24) is 15.2 Å². The highest BCUT2D eigenvalue weighted by molar-refractivity contribution is 5.94. The summed E-state index contributed by atoms with van der Waals surface area (Å²) >= 11 is 0. The van der Waals surface area contributed by atoms with Crippen molar-refractivity contribution in [1.29, 1.82) is 0 Å². The van der Waals surface area contributed by atoms with Gasteiger partial charge in [0.25, 0.3) is 5.91 Å². The van der Waals surface area contributed by atoms with E-state index in [1.54, 1.807) is 43.4 Å². The van der Waals surface area contributed by atoms with Gasteiger partial charge in [-0.05, 0) is 54.3 Å². The molecule has 7 heteroatoms. The highest BCUT2D eigenvalue weighted by Crippen LogP contribution is 2.16. The summed E-state index contributed by atoms with van der Waals surface area (Å²) in [5.41, 5.74) is 2.47. The van der Waals surface area contributed by atoms with Gasteiger partial charge in [-0.1, -0.05) is 37.3 Å². The van der Waals surface area contributed by atoms with Crippen LogP contribution in [0.5, 0.6) is 0 Å². The Labute approximate surface area is 193 Å². The molecule has 0 saturated carbocycles. The molecular formula is C26H29F2N3O2. The largest absolute Gasteiger partial charge is 0.387 e. The topological polar surface area (TPSA) is 65.5 Å². The molecule has 5 nitrogen and oxygen atoms in total. The van der Waals surface area contributed by atoms with Crippen LogP contribution in [0.25, 0.3) is 0 Å². The summed E-state index contributed by atoms with van der Waals surface area (Å²) in [6, 6.07) is 16.7. The Morgan fingerprint density at radius 1 is 1.12 bits per heavy atom. The summed E-state index contributed by atoms with van der Waals surface area (Å²) in [5.74, 6) is -1.15. The fraction of sp³-hybridized carbons (Fsp3) is 0.308. The minimum absolute atomic E-state index is 0.117. The number of nitrogens with zero attached hydrogens (tertiary/aromatic N) is 2. The Hall–Kier alpha value is -3.16. The summed E-state index contributed by atoms with van der Waals surface area (Å²) in [7, 11) is 1.63. The molecule has 0 fully saturated rings. The zero-order chi connectivity index (χ0) is 23.8. The number of rotatable bonds is 10. The monoisotopic (exact) mass is 453 g/mol. The molecule has 1 heterocycles. The standard InChI is InChI=1S/C26H29F2N3O2/c1-3-23(30-16-24(32)20-6-4-8-22(27)15-20)14-18-9-11-19(12-10-18)26(33)31(2)17-21-7-5-13-29-25(21)28/h4-13,15,23-24,30,32H,3,14,16-17H2,1-2H3/t23-,24-/m0/s1. The van der Waals surface area contributed by atoms with Gasteiger partial charge in [0.05, 0.1) is 12.6 Å². The van der Waals surface area contributed by atoms with E-state index in [0.717, 1.165) is 18.4 Å². The van der Waals surface area contributed by atoms with Crippen LogP contribution in [0.2, 0.25) is 0 Å². The van der Waals surface area contributed by atoms with Crippen molar-refractivity contribution < 1.29 is 18.7 Å². The van der Waals surface area contributed by atoms with E-state index >= 15 is 0 Å². The van der Waals surface area contributed by atoms with Crippen molar-refractivity contribution in [2.45, 2.75) is 38.5 Å². The minimum atomic E-state index is -0.796. The number of carbonyl (C=O) groups excluding carboxylic acids is 1. The SMILES string of the molecule is CC[C@@H](Cc1ccc(C(=O)N(C)Cc2cccnc2F)cc1)NC[C@H](O)c1cccc(F)c1. The van der Waals surface area contributed by atoms with E-state index in [4.69, 9.17) is 0 Å². The van der Waals surface area contributed by atoms with Gasteiger partial charge in [0.1, 0.15) is 5.82 Å². The van der Waals surface area contributed by atoms with Crippen molar-refractivity contribution in [2.24, 2.45) is 0 Å². The molecule has 33 heavy (non-hydrogen) atoms. The number of pyridine rings is 1. The molecule has 0 radical (unpaired) electrons. The number of aromatic nitrogens is 1. The van der Waals surface area contributed by atoms with Gasteiger partial charge in [-0.3, -0.25) is 4.79 Å². The molecule has 0 aliphatic carbocycles. The number of benzene rings is 2. The molecule has 0 aliphatic heterocycles. The van der Waals surface area contributed by atoms with Crippen LogP contribution in [0.4, 0.5) is 8.78 Å². The molecular weight excluding hydrogens is 424 g/mol. The van der Waals surface area contributed by atoms with E-state index in [-0.39, 0.29) is 24.3 Å². The van der Waals surface area contributed by atoms with Gasteiger partial charge in [-0.15, -0.1) is 0 Å². The van der Waals surface area contributed by atoms with Crippen LogP contribution in [-0.4, -0.2) is 40.5 Å². The van der Waals surface area contributed by atoms with E-state index in [1.165, 1.54) is 23.2 Å². The first-order chi connectivity index (χ1) is 15.9. The van der Waals surface area contributed by atoms with Gasteiger partial charge in [-0.25, -0.2) is 9.37 Å². The molecule has 0 saturated heterocycles. The average Bonchev–Trinajstić information content (AvgIpc) is 2.82. The molecule has 1 amide bonds. The van der Waals surface area contributed by atoms with E-state index in [9.17, 15) is 18.7 Å². The second-order valence-corrected chi connectivity index (χ2v) is 8.10. The smallest absolute Gasteiger partial charge is 0.253 e. The van der Waals surface area contributed by atoms with Gasteiger partial charge >= 0.3 is 0 Å². The van der Waals surface area contributed by atoms with Crippen LogP contribution in [-0.2, 0) is 13.0 Å². The predicted molar refractivity (Wildman–Crippen MR) is 124 cm³/mol. The maximum Gasteiger partial charge on any atom is 0.253 e. The fourth-order valence-corrected chi connectivity index (χ4v) is 3.62. The first kappa shape index (κ1) is 24.5. The summed E-state index contributed by atoms with van der Waals surface area (Å²) < 4.78 is 27.1. The molecule has 3 rings (SSSR count). The van der Waals surface area contributed by atoms with Gasteiger partial charge in [0, 0.05) is 37.0 Å². The third kappa shape index (κ3) is 6.91. The predicted octanol–water partition coefficient (Wildman–Crippen LogP) is 4.28. The highest BCUT2D eigenvalue weighted by atomic mass is 19.1. The Morgan fingerprint density at radius 2 is 1.88 bits per heavy atom. The molecule has 0 aliphatic rings. The molecule has 174 valence electrons. The second-order valence-electron chi connectivity index (χ2n) is 8.10. The quantitative estimate of drug-likeness (QED) is 0.450. The molecule has 3 aromatic rings. The summed E-state index contributed by atoms with van der Waals surface area (Å²) in [4.78, 5) is 17.8. The van der Waals surface area contributed by atoms with Gasteiger partial charge in [-0.2, -0.15) is 4.39 Å². The third-order valence-corrected chi connectivity index (χ3v) is 5.60. The normalized spacial score (nSPS) is 12.9. The first-order valence-corrected chi connectivity index (χ1v) is 11.0. The number of hydrogen-bond donors (Lipinski definition) is 2. The average molecular weight is 454 g/mol. The van der Waals surface area contributed by atoms with Gasteiger partial charge in [0.2, 0.25) is 5.95 Å². The van der Waals surface area contributed by atoms with Crippen LogP contribution in [0.1, 0.15) is 46.5 Å². The molecule has 2 atom stereocenters. The molecule has 2 N–H and O–H groups in total. The van der Waals surface area contributed by atoms with Crippen LogP contribution in [0.3, 0.4) is 0 Å². The number of hydrogen-bond acceptors (Lipinski definition) is 4. The minimum Gasteiger partial charge on any atom is -0.387 e. The highest BCUT2D eigenvalue weighted by Gasteiger charge is 2.16. The van der Waals surface area contributed by atoms with Crippen molar-refractivity contribution in [3.05, 3.63) is 101 Å². The van der Waals surface area contributed by atoms with Crippen LogP contribution < -0.4 is 5.32 Å². The van der Waals surface area contributed by atoms with E-state index < -0.39 is 12.1 Å². The number of amides is 1. The maximum absolute atomic E-state index is 13.8. The van der Waals surface area contributed by atoms with E-state index in [0.29, 0.717) is 23.2 Å². The molecule has 0 unspecified atom stereocenters. The lowest BCUT2D eigenvalue weighted by Gasteiger charge is -2.20. The van der Waals surface area contributed by atoms with E-state index in [1.807, 2.05) is 12.1 Å². The Morgan fingerprint density at radius 3 is 2.55 bits per heavy atom. The number of carbonyl (C=O) groups is 1. The number of aliphatic hydroxyl groups is 1. The van der Waals surface area contributed by atoms with Gasteiger partial charge < -0.3 is 15.3 Å². The Bertz CT molecular complexity index is 1060. The maximum atomic E-state index is 13.8. The molecule has 1 aromatic heterocycles. The van der Waals surface area contributed by atoms with Crippen LogP contribution in [0, 0.1) is 11.8 Å². The number of aliphatic hydroxyl groups excluding tert-OH is 1. The lowest BCUT2D eigenvalue weighted by atomic mass is 10.0. The molecule has 0 spiro atoms. The van der Waals surface area contributed by atoms with Crippen LogP contribution in [0.15, 0.2) is 66.9 Å². The third-order valence-electron chi connectivity index (χ3n) is 5.60. The summed E-state index contributed by atoms with van der Waals surface area (Å²) in [5, 5.41) is 13.7. The molecule has 0 bridgehead atoms. The lowest BCUT2D eigenvalue weighted by Crippen LogP contribution is -2.34. The van der Waals surface area contributed by atoms with Crippen molar-refractivity contribution in [2.75, 3.05) is 13.6 Å². The lowest BCUT2D eigenvalue weighted by molar-refractivity contribution is 0.0783. The summed E-state index contributed by atoms with van der Waals surface area (Å²) in [6.07, 6.45) is 2.14. The Kier molecular flexibility index (Phi) is 8.63. The summed E-state index contributed by atoms with van der Waals surface area (Å²) in [6.45, 7) is 2.50. The zero-order valence-electron chi connectivity index (χ0n) is 18.8. The Balaban J connectivity index is 1.55. The first-order valence-electron chi connectivity index (χ1n) is 11.0. The van der Waals surface area contributed by atoms with E-state index in [2.05, 4.69) is 17.2 Å².